The Balaban J connectivity index is 1.85. The third kappa shape index (κ3) is 2.47. The molecule has 1 saturated carbocycles. The van der Waals surface area contributed by atoms with Crippen LogP contribution in [0.3, 0.4) is 0 Å². The van der Waals surface area contributed by atoms with Gasteiger partial charge in [0.2, 0.25) is 0 Å². The van der Waals surface area contributed by atoms with E-state index in [0.717, 1.165) is 10.3 Å². The zero-order valence-corrected chi connectivity index (χ0v) is 9.57. The summed E-state index contributed by atoms with van der Waals surface area (Å²) in [6.45, 7) is 0. The van der Waals surface area contributed by atoms with Crippen molar-refractivity contribution in [2.45, 2.75) is 18.9 Å². The van der Waals surface area contributed by atoms with E-state index >= 15 is 0 Å². The predicted molar refractivity (Wildman–Crippen MR) is 59.7 cm³/mol. The van der Waals surface area contributed by atoms with Crippen LogP contribution in [0.1, 0.15) is 12.8 Å². The van der Waals surface area contributed by atoms with Crippen LogP contribution in [0.15, 0.2) is 22.8 Å². The number of halogens is 1. The van der Waals surface area contributed by atoms with E-state index in [-0.39, 0.29) is 12.0 Å². The molecule has 1 fully saturated rings. The molecule has 5 heteroatoms. The number of aromatic nitrogens is 1. The molecule has 0 bridgehead atoms. The van der Waals surface area contributed by atoms with Crippen molar-refractivity contribution < 1.29 is 9.90 Å². The van der Waals surface area contributed by atoms with Crippen LogP contribution in [-0.2, 0) is 4.79 Å². The minimum Gasteiger partial charge on any atom is -0.481 e. The number of nitrogens with one attached hydrogen (secondary N) is 1. The number of anilines is 1. The summed E-state index contributed by atoms with van der Waals surface area (Å²) in [5.74, 6) is -0.0817. The molecule has 80 valence electrons. The van der Waals surface area contributed by atoms with Crippen LogP contribution in [0.4, 0.5) is 5.82 Å². The largest absolute Gasteiger partial charge is 0.481 e. The first kappa shape index (κ1) is 10.4. The lowest BCUT2D eigenvalue weighted by atomic mass is 9.80. The monoisotopic (exact) mass is 270 g/mol. The van der Waals surface area contributed by atoms with Gasteiger partial charge < -0.3 is 10.4 Å². The van der Waals surface area contributed by atoms with E-state index in [2.05, 4.69) is 26.2 Å². The van der Waals surface area contributed by atoms with Crippen molar-refractivity contribution in [2.75, 3.05) is 5.32 Å². The average molecular weight is 271 g/mol. The molecule has 15 heavy (non-hydrogen) atoms. The summed E-state index contributed by atoms with van der Waals surface area (Å²) in [6.07, 6.45) is 3.09. The van der Waals surface area contributed by atoms with Gasteiger partial charge in [-0.1, -0.05) is 0 Å². The number of hydrogen-bond acceptors (Lipinski definition) is 3. The molecule has 2 rings (SSSR count). The van der Waals surface area contributed by atoms with Crippen molar-refractivity contribution in [1.29, 1.82) is 0 Å². The van der Waals surface area contributed by atoms with Gasteiger partial charge >= 0.3 is 5.97 Å². The number of rotatable bonds is 3. The van der Waals surface area contributed by atoms with E-state index in [1.54, 1.807) is 6.20 Å². The van der Waals surface area contributed by atoms with Gasteiger partial charge in [-0.05, 0) is 40.9 Å². The first-order chi connectivity index (χ1) is 7.15. The molecule has 0 aliphatic heterocycles. The summed E-state index contributed by atoms with van der Waals surface area (Å²) >= 11 is 3.30. The fourth-order valence-corrected chi connectivity index (χ4v) is 1.84. The molecule has 0 amide bonds. The van der Waals surface area contributed by atoms with Crippen LogP contribution in [0.25, 0.3) is 0 Å². The highest BCUT2D eigenvalue weighted by molar-refractivity contribution is 9.10. The SMILES string of the molecule is O=C(O)C1CC(Nc2ccc(Br)cn2)C1. The van der Waals surface area contributed by atoms with Crippen LogP contribution in [0.2, 0.25) is 0 Å². The van der Waals surface area contributed by atoms with Gasteiger partial charge in [0.1, 0.15) is 5.82 Å². The minimum atomic E-state index is -0.697. The molecule has 0 spiro atoms. The Hall–Kier alpha value is -1.10. The Morgan fingerprint density at radius 2 is 2.27 bits per heavy atom. The Bertz CT molecular complexity index is 360. The number of nitrogens with zero attached hydrogens (tertiary/aromatic N) is 1. The van der Waals surface area contributed by atoms with Gasteiger partial charge in [-0.3, -0.25) is 4.79 Å². The van der Waals surface area contributed by atoms with Crippen LogP contribution < -0.4 is 5.32 Å². The zero-order valence-electron chi connectivity index (χ0n) is 7.98. The fourth-order valence-electron chi connectivity index (χ4n) is 1.61. The van der Waals surface area contributed by atoms with Crippen LogP contribution in [0.5, 0.6) is 0 Å². The molecule has 2 N–H and O–H groups in total. The topological polar surface area (TPSA) is 62.2 Å². The highest BCUT2D eigenvalue weighted by Crippen LogP contribution is 2.29. The maximum atomic E-state index is 10.6. The second-order valence-corrected chi connectivity index (χ2v) is 4.63. The van der Waals surface area contributed by atoms with Gasteiger partial charge in [-0.25, -0.2) is 4.98 Å². The molecule has 1 aliphatic carbocycles. The van der Waals surface area contributed by atoms with E-state index in [1.165, 1.54) is 0 Å². The van der Waals surface area contributed by atoms with Gasteiger partial charge in [0.15, 0.2) is 0 Å². The lowest BCUT2D eigenvalue weighted by molar-refractivity contribution is -0.144. The average Bonchev–Trinajstić information content (AvgIpc) is 2.13. The molecule has 1 heterocycles. The summed E-state index contributed by atoms with van der Waals surface area (Å²) in [7, 11) is 0. The van der Waals surface area contributed by atoms with E-state index in [4.69, 9.17) is 5.11 Å². The number of aliphatic carboxylic acids is 1. The Kier molecular flexibility index (Phi) is 2.90. The summed E-state index contributed by atoms with van der Waals surface area (Å²) in [4.78, 5) is 14.7. The van der Waals surface area contributed by atoms with Crippen molar-refractivity contribution in [3.05, 3.63) is 22.8 Å². The molecule has 0 saturated heterocycles. The van der Waals surface area contributed by atoms with Gasteiger partial charge in [-0.15, -0.1) is 0 Å². The molecule has 0 radical (unpaired) electrons. The van der Waals surface area contributed by atoms with Crippen molar-refractivity contribution >= 4 is 27.7 Å². The Morgan fingerprint density at radius 3 is 2.80 bits per heavy atom. The van der Waals surface area contributed by atoms with Crippen molar-refractivity contribution in [2.24, 2.45) is 5.92 Å². The molecule has 0 unspecified atom stereocenters. The van der Waals surface area contributed by atoms with E-state index < -0.39 is 5.97 Å². The van der Waals surface area contributed by atoms with Crippen LogP contribution in [0, 0.1) is 5.92 Å². The summed E-state index contributed by atoms with van der Waals surface area (Å²) in [6, 6.07) is 4.03. The highest BCUT2D eigenvalue weighted by atomic mass is 79.9. The lowest BCUT2D eigenvalue weighted by Crippen LogP contribution is -2.39. The number of hydrogen-bond donors (Lipinski definition) is 2. The lowest BCUT2D eigenvalue weighted by Gasteiger charge is -2.33. The molecular formula is C10H11BrN2O2. The van der Waals surface area contributed by atoms with Gasteiger partial charge in [0.25, 0.3) is 0 Å². The third-order valence-corrected chi connectivity index (χ3v) is 3.04. The third-order valence-electron chi connectivity index (χ3n) is 2.57. The molecule has 4 nitrogen and oxygen atoms in total. The summed E-state index contributed by atoms with van der Waals surface area (Å²) in [5, 5.41) is 11.9. The molecule has 0 atom stereocenters. The maximum Gasteiger partial charge on any atom is 0.306 e. The summed E-state index contributed by atoms with van der Waals surface area (Å²) < 4.78 is 0.935. The van der Waals surface area contributed by atoms with Gasteiger partial charge in [-0.2, -0.15) is 0 Å². The Morgan fingerprint density at radius 1 is 1.53 bits per heavy atom. The van der Waals surface area contributed by atoms with Crippen molar-refractivity contribution in [3.8, 4) is 0 Å². The van der Waals surface area contributed by atoms with Gasteiger partial charge in [0, 0.05) is 16.7 Å². The Labute approximate surface area is 95.8 Å². The van der Waals surface area contributed by atoms with E-state index in [0.29, 0.717) is 12.8 Å². The smallest absolute Gasteiger partial charge is 0.306 e. The van der Waals surface area contributed by atoms with Crippen LogP contribution >= 0.6 is 15.9 Å². The number of carboxylic acids is 1. The van der Waals surface area contributed by atoms with Crippen LogP contribution in [-0.4, -0.2) is 22.1 Å². The first-order valence-electron chi connectivity index (χ1n) is 4.76. The predicted octanol–water partition coefficient (Wildman–Crippen LogP) is 2.12. The molecule has 1 aromatic heterocycles. The van der Waals surface area contributed by atoms with E-state index in [1.807, 2.05) is 12.1 Å². The number of carbonyl (C=O) groups is 1. The molecular weight excluding hydrogens is 260 g/mol. The quantitative estimate of drug-likeness (QED) is 0.883. The van der Waals surface area contributed by atoms with E-state index in [9.17, 15) is 4.79 Å². The number of carboxylic acid groups (broad SMARTS) is 1. The summed E-state index contributed by atoms with van der Waals surface area (Å²) in [5.41, 5.74) is 0. The fraction of sp³-hybridized carbons (Fsp3) is 0.400. The number of pyridine rings is 1. The highest BCUT2D eigenvalue weighted by Gasteiger charge is 2.34. The minimum absolute atomic E-state index is 0.182. The molecule has 0 aromatic carbocycles. The second kappa shape index (κ2) is 4.18. The maximum absolute atomic E-state index is 10.6. The zero-order chi connectivity index (χ0) is 10.8. The second-order valence-electron chi connectivity index (χ2n) is 3.71. The van der Waals surface area contributed by atoms with Crippen molar-refractivity contribution in [1.82, 2.24) is 4.98 Å². The first-order valence-corrected chi connectivity index (χ1v) is 5.55. The van der Waals surface area contributed by atoms with Crippen molar-refractivity contribution in [3.63, 3.8) is 0 Å². The van der Waals surface area contributed by atoms with Gasteiger partial charge in [0.05, 0.1) is 5.92 Å². The standard InChI is InChI=1S/C10H11BrN2O2/c11-7-1-2-9(12-5-7)13-8-3-6(4-8)10(14)15/h1-2,5-6,8H,3-4H2,(H,12,13)(H,14,15). The normalized spacial score (nSPS) is 24.3. The molecule has 1 aromatic rings. The molecule has 1 aliphatic rings.